The molecule has 0 saturated carbocycles. The van der Waals surface area contributed by atoms with Crippen molar-refractivity contribution in [2.24, 2.45) is 5.16 Å². The summed E-state index contributed by atoms with van der Waals surface area (Å²) >= 11 is 1.48. The van der Waals surface area contributed by atoms with Crippen LogP contribution < -0.4 is 0 Å². The Balaban J connectivity index is 1.77. The van der Waals surface area contributed by atoms with E-state index >= 15 is 0 Å². The molecule has 26 heavy (non-hydrogen) atoms. The highest BCUT2D eigenvalue weighted by Gasteiger charge is 2.22. The van der Waals surface area contributed by atoms with E-state index < -0.39 is 10.1 Å². The molecule has 7 heteroatoms. The Morgan fingerprint density at radius 1 is 1.15 bits per heavy atom. The van der Waals surface area contributed by atoms with Crippen LogP contribution in [0.1, 0.15) is 17.5 Å². The lowest BCUT2D eigenvalue weighted by atomic mass is 10.1. The molecule has 0 unspecified atom stereocenters. The molecule has 1 heterocycles. The van der Waals surface area contributed by atoms with E-state index in [1.165, 1.54) is 23.9 Å². The highest BCUT2D eigenvalue weighted by atomic mass is 32.2. The van der Waals surface area contributed by atoms with Crippen molar-refractivity contribution in [1.29, 1.82) is 5.26 Å². The first-order valence-corrected chi connectivity index (χ1v) is 10.3. The highest BCUT2D eigenvalue weighted by molar-refractivity contribution is 8.04. The molecule has 2 aromatic rings. The van der Waals surface area contributed by atoms with Gasteiger partial charge in [-0.2, -0.15) is 13.7 Å². The molecule has 0 N–H and O–H groups in total. The predicted octanol–water partition coefficient (Wildman–Crippen LogP) is 4.13. The summed E-state index contributed by atoms with van der Waals surface area (Å²) < 4.78 is 29.2. The van der Waals surface area contributed by atoms with Crippen LogP contribution in [0, 0.1) is 18.3 Å². The van der Waals surface area contributed by atoms with Gasteiger partial charge in [0.05, 0.1) is 11.3 Å². The van der Waals surface area contributed by atoms with Gasteiger partial charge in [0.2, 0.25) is 0 Å². The van der Waals surface area contributed by atoms with Gasteiger partial charge in [0.15, 0.2) is 0 Å². The van der Waals surface area contributed by atoms with Crippen molar-refractivity contribution in [2.75, 3.05) is 5.75 Å². The zero-order valence-corrected chi connectivity index (χ0v) is 15.7. The fraction of sp³-hybridized carbons (Fsp3) is 0.158. The third-order valence-electron chi connectivity index (χ3n) is 3.80. The number of rotatable bonds is 4. The van der Waals surface area contributed by atoms with Crippen LogP contribution >= 0.6 is 11.8 Å². The molecule has 0 bridgehead atoms. The van der Waals surface area contributed by atoms with Crippen LogP contribution in [0.2, 0.25) is 0 Å². The van der Waals surface area contributed by atoms with E-state index in [9.17, 15) is 13.7 Å². The lowest BCUT2D eigenvalue weighted by molar-refractivity contribution is 0.338. The smallest absolute Gasteiger partial charge is 0.265 e. The Hall–Kier alpha value is -2.56. The summed E-state index contributed by atoms with van der Waals surface area (Å²) in [5.41, 5.74) is 2.97. The average Bonchev–Trinajstić information content (AvgIpc) is 3.11. The number of benzene rings is 2. The van der Waals surface area contributed by atoms with E-state index in [1.54, 1.807) is 12.1 Å². The second-order valence-corrected chi connectivity index (χ2v) is 8.34. The van der Waals surface area contributed by atoms with E-state index in [-0.39, 0.29) is 4.90 Å². The fourth-order valence-corrected chi connectivity index (χ4v) is 4.25. The van der Waals surface area contributed by atoms with Crippen LogP contribution in [0.25, 0.3) is 5.57 Å². The van der Waals surface area contributed by atoms with Crippen molar-refractivity contribution in [3.8, 4) is 6.07 Å². The van der Waals surface area contributed by atoms with E-state index in [2.05, 4.69) is 11.2 Å². The Morgan fingerprint density at radius 3 is 2.50 bits per heavy atom. The van der Waals surface area contributed by atoms with Crippen molar-refractivity contribution >= 4 is 33.2 Å². The number of nitriles is 1. The minimum Gasteiger partial charge on any atom is -0.265 e. The third-order valence-corrected chi connectivity index (χ3v) is 6.10. The summed E-state index contributed by atoms with van der Waals surface area (Å²) in [6, 6.07) is 18.0. The van der Waals surface area contributed by atoms with Crippen molar-refractivity contribution in [1.82, 2.24) is 0 Å². The molecule has 0 atom stereocenters. The van der Waals surface area contributed by atoms with E-state index in [0.717, 1.165) is 16.0 Å². The molecule has 0 aromatic heterocycles. The van der Waals surface area contributed by atoms with E-state index in [0.29, 0.717) is 23.5 Å². The maximum Gasteiger partial charge on any atom is 0.358 e. The molecule has 3 rings (SSSR count). The molecule has 2 aromatic carbocycles. The number of thioether (sulfide) groups is 1. The minimum absolute atomic E-state index is 0.0656. The predicted molar refractivity (Wildman–Crippen MR) is 103 cm³/mol. The molecule has 1 saturated heterocycles. The van der Waals surface area contributed by atoms with Gasteiger partial charge >= 0.3 is 10.1 Å². The summed E-state index contributed by atoms with van der Waals surface area (Å²) in [4.78, 5) is 0.935. The van der Waals surface area contributed by atoms with Gasteiger partial charge in [-0.15, -0.1) is 11.8 Å². The number of nitrogens with zero attached hydrogens (tertiary/aromatic N) is 2. The summed E-state index contributed by atoms with van der Waals surface area (Å²) in [6.45, 7) is 1.88. The van der Waals surface area contributed by atoms with Crippen LogP contribution in [0.3, 0.4) is 0 Å². The standard InChI is InChI=1S/C19H16N2O3S2/c1-14-7-9-17(10-8-14)26(22,23)24-21-16-11-19(25-13-16)18(12-20)15-5-3-2-4-6-15/h2-10H,11,13H2,1H3. The van der Waals surface area contributed by atoms with Gasteiger partial charge in [-0.25, -0.2) is 0 Å². The fourth-order valence-electron chi connectivity index (χ4n) is 2.42. The third kappa shape index (κ3) is 4.15. The first kappa shape index (κ1) is 18.2. The van der Waals surface area contributed by atoms with Crippen molar-refractivity contribution in [2.45, 2.75) is 18.2 Å². The number of allylic oxidation sites excluding steroid dienone is 2. The zero-order valence-electron chi connectivity index (χ0n) is 14.0. The number of hydrogen-bond donors (Lipinski definition) is 0. The first-order chi connectivity index (χ1) is 12.5. The molecule has 132 valence electrons. The van der Waals surface area contributed by atoms with Gasteiger partial charge in [0, 0.05) is 17.1 Å². The quantitative estimate of drug-likeness (QED) is 0.585. The zero-order chi connectivity index (χ0) is 18.6. The first-order valence-electron chi connectivity index (χ1n) is 7.87. The lowest BCUT2D eigenvalue weighted by Crippen LogP contribution is -2.05. The van der Waals surface area contributed by atoms with Crippen molar-refractivity contribution in [3.05, 3.63) is 70.6 Å². The summed E-state index contributed by atoms with van der Waals surface area (Å²) in [6.07, 6.45) is 0.409. The monoisotopic (exact) mass is 384 g/mol. The molecular formula is C19H16N2O3S2. The second kappa shape index (κ2) is 7.77. The molecule has 1 aliphatic heterocycles. The van der Waals surface area contributed by atoms with Gasteiger partial charge in [-0.1, -0.05) is 53.2 Å². The topological polar surface area (TPSA) is 79.5 Å². The van der Waals surface area contributed by atoms with Gasteiger partial charge in [0.25, 0.3) is 0 Å². The molecule has 0 amide bonds. The Kier molecular flexibility index (Phi) is 5.45. The van der Waals surface area contributed by atoms with Gasteiger partial charge in [-0.3, -0.25) is 4.28 Å². The van der Waals surface area contributed by atoms with Crippen LogP contribution in [-0.4, -0.2) is 19.9 Å². The highest BCUT2D eigenvalue weighted by Crippen LogP contribution is 2.35. The molecule has 0 aliphatic carbocycles. The van der Waals surface area contributed by atoms with Gasteiger partial charge in [0.1, 0.15) is 11.0 Å². The van der Waals surface area contributed by atoms with Gasteiger partial charge < -0.3 is 0 Å². The summed E-state index contributed by atoms with van der Waals surface area (Å²) in [7, 11) is -3.94. The minimum atomic E-state index is -3.94. The number of aryl methyl sites for hydroxylation is 1. The Morgan fingerprint density at radius 2 is 1.85 bits per heavy atom. The molecule has 1 aliphatic rings. The van der Waals surface area contributed by atoms with Crippen LogP contribution in [-0.2, 0) is 14.4 Å². The Labute approximate surface area is 157 Å². The Bertz CT molecular complexity index is 1000. The molecule has 5 nitrogen and oxygen atoms in total. The van der Waals surface area contributed by atoms with Crippen molar-refractivity contribution in [3.63, 3.8) is 0 Å². The van der Waals surface area contributed by atoms with E-state index in [4.69, 9.17) is 4.28 Å². The number of hydrogen-bond acceptors (Lipinski definition) is 6. The van der Waals surface area contributed by atoms with E-state index in [1.807, 2.05) is 37.3 Å². The molecule has 1 fully saturated rings. The second-order valence-electron chi connectivity index (χ2n) is 5.74. The molecule has 0 spiro atoms. The molecule has 0 radical (unpaired) electrons. The van der Waals surface area contributed by atoms with Crippen LogP contribution in [0.4, 0.5) is 0 Å². The SMILES string of the molecule is Cc1ccc(S(=O)(=O)ON=C2CSC(=C(C#N)c3ccccc3)C2)cc1. The average molecular weight is 384 g/mol. The maximum atomic E-state index is 12.2. The lowest BCUT2D eigenvalue weighted by Gasteiger charge is -2.03. The van der Waals surface area contributed by atoms with Crippen LogP contribution in [0.15, 0.2) is 69.6 Å². The normalized spacial score (nSPS) is 17.8. The number of oxime groups is 1. The summed E-state index contributed by atoms with van der Waals surface area (Å²) in [5.74, 6) is 0.497. The molecular weight excluding hydrogens is 368 g/mol. The largest absolute Gasteiger partial charge is 0.358 e. The van der Waals surface area contributed by atoms with Crippen LogP contribution in [0.5, 0.6) is 0 Å². The summed E-state index contributed by atoms with van der Waals surface area (Å²) in [5, 5.41) is 13.3. The van der Waals surface area contributed by atoms with Gasteiger partial charge in [-0.05, 0) is 24.6 Å². The maximum absolute atomic E-state index is 12.2. The van der Waals surface area contributed by atoms with Crippen molar-refractivity contribution < 1.29 is 12.7 Å².